The Balaban J connectivity index is 1.27. The third-order valence-electron chi connectivity index (χ3n) is 5.11. The predicted octanol–water partition coefficient (Wildman–Crippen LogP) is 4.91. The van der Waals surface area contributed by atoms with Crippen LogP contribution < -0.4 is 10.2 Å². The fourth-order valence-electron chi connectivity index (χ4n) is 3.45. The maximum absolute atomic E-state index is 12.8. The summed E-state index contributed by atoms with van der Waals surface area (Å²) in [6.07, 6.45) is 0. The molecule has 0 radical (unpaired) electrons. The number of hydrogen-bond donors (Lipinski definition) is 1. The summed E-state index contributed by atoms with van der Waals surface area (Å²) in [4.78, 5) is 33.5. The lowest BCUT2D eigenvalue weighted by Crippen LogP contribution is -2.48. The van der Waals surface area contributed by atoms with Crippen molar-refractivity contribution in [3.8, 4) is 0 Å². The first-order chi connectivity index (χ1) is 15.5. The Morgan fingerprint density at radius 3 is 2.47 bits per heavy atom. The molecule has 2 heterocycles. The van der Waals surface area contributed by atoms with Crippen LogP contribution in [0.3, 0.4) is 0 Å². The van der Waals surface area contributed by atoms with Crippen LogP contribution in [0.4, 0.5) is 11.4 Å². The Morgan fingerprint density at radius 1 is 1.09 bits per heavy atom. The molecule has 6 nitrogen and oxygen atoms in total. The van der Waals surface area contributed by atoms with Crippen LogP contribution in [0.1, 0.15) is 16.1 Å². The highest BCUT2D eigenvalue weighted by molar-refractivity contribution is 9.10. The summed E-state index contributed by atoms with van der Waals surface area (Å²) < 4.78 is 1.73. The molecular formula is C23H23BrN4O2S2. The van der Waals surface area contributed by atoms with Crippen LogP contribution in [0.5, 0.6) is 0 Å². The lowest BCUT2D eigenvalue weighted by atomic mass is 10.1. The number of benzene rings is 2. The summed E-state index contributed by atoms with van der Waals surface area (Å²) in [5, 5.41) is 4.92. The summed E-state index contributed by atoms with van der Waals surface area (Å²) in [6.45, 7) is 4.83. The maximum atomic E-state index is 12.8. The number of nitrogens with one attached hydrogen (secondary N) is 1. The van der Waals surface area contributed by atoms with Crippen LogP contribution >= 0.6 is 39.0 Å². The van der Waals surface area contributed by atoms with Gasteiger partial charge in [0, 0.05) is 53.1 Å². The fraction of sp³-hybridized carbons (Fsp3) is 0.261. The number of anilines is 2. The van der Waals surface area contributed by atoms with Gasteiger partial charge in [0.25, 0.3) is 5.91 Å². The molecule has 1 aliphatic rings. The molecule has 2 aromatic carbocycles. The average molecular weight is 532 g/mol. The van der Waals surface area contributed by atoms with Crippen LogP contribution in [0.2, 0.25) is 0 Å². The number of hydrogen-bond acceptors (Lipinski definition) is 6. The van der Waals surface area contributed by atoms with Crippen molar-refractivity contribution in [3.63, 3.8) is 0 Å². The third kappa shape index (κ3) is 5.70. The smallest absolute Gasteiger partial charge is 0.255 e. The molecule has 1 aromatic heterocycles. The van der Waals surface area contributed by atoms with E-state index < -0.39 is 0 Å². The lowest BCUT2D eigenvalue weighted by Gasteiger charge is -2.36. The number of rotatable bonds is 6. The van der Waals surface area contributed by atoms with E-state index in [0.29, 0.717) is 24.4 Å². The SMILES string of the molecule is Cc1csc(SCC(=O)Nc2ccc(N3CCN(C(=O)c4ccccc4Br)CC3)cc2)n1. The number of amides is 2. The lowest BCUT2D eigenvalue weighted by molar-refractivity contribution is -0.113. The summed E-state index contributed by atoms with van der Waals surface area (Å²) in [6, 6.07) is 15.4. The quantitative estimate of drug-likeness (QED) is 0.458. The van der Waals surface area contributed by atoms with Gasteiger partial charge in [0.2, 0.25) is 5.91 Å². The number of aromatic nitrogens is 1. The molecule has 1 aliphatic heterocycles. The Kier molecular flexibility index (Phi) is 7.49. The Bertz CT molecular complexity index is 1100. The maximum Gasteiger partial charge on any atom is 0.255 e. The molecule has 166 valence electrons. The Morgan fingerprint density at radius 2 is 1.81 bits per heavy atom. The van der Waals surface area contributed by atoms with Crippen molar-refractivity contribution >= 4 is 62.2 Å². The number of nitrogens with zero attached hydrogens (tertiary/aromatic N) is 3. The molecule has 3 aromatic rings. The molecule has 9 heteroatoms. The summed E-state index contributed by atoms with van der Waals surface area (Å²) >= 11 is 6.47. The zero-order valence-electron chi connectivity index (χ0n) is 17.6. The summed E-state index contributed by atoms with van der Waals surface area (Å²) in [5.41, 5.74) is 3.54. The zero-order chi connectivity index (χ0) is 22.5. The van der Waals surface area contributed by atoms with Crippen molar-refractivity contribution in [3.05, 3.63) is 69.6 Å². The van der Waals surface area contributed by atoms with Gasteiger partial charge in [-0.2, -0.15) is 0 Å². The first-order valence-corrected chi connectivity index (χ1v) is 12.9. The van der Waals surface area contributed by atoms with Crippen molar-refractivity contribution in [1.29, 1.82) is 0 Å². The number of thiazole rings is 1. The molecule has 0 aliphatic carbocycles. The number of carbonyl (C=O) groups excluding carboxylic acids is 2. The van der Waals surface area contributed by atoms with Gasteiger partial charge in [-0.25, -0.2) is 4.98 Å². The van der Waals surface area contributed by atoms with Crippen molar-refractivity contribution in [1.82, 2.24) is 9.88 Å². The van der Waals surface area contributed by atoms with Gasteiger partial charge in [-0.3, -0.25) is 9.59 Å². The standard InChI is InChI=1S/C23H23BrN4O2S2/c1-16-14-31-23(25-16)32-15-21(29)26-17-6-8-18(9-7-17)27-10-12-28(13-11-27)22(30)19-4-2-3-5-20(19)24/h2-9,14H,10-13,15H2,1H3,(H,26,29). The van der Waals surface area contributed by atoms with Gasteiger partial charge in [-0.05, 0) is 59.3 Å². The molecule has 0 bridgehead atoms. The highest BCUT2D eigenvalue weighted by atomic mass is 79.9. The molecule has 1 N–H and O–H groups in total. The second-order valence-corrected chi connectivity index (χ2v) is 10.3. The summed E-state index contributed by atoms with van der Waals surface area (Å²) in [5.74, 6) is 0.346. The fourth-order valence-corrected chi connectivity index (χ4v) is 5.56. The van der Waals surface area contributed by atoms with E-state index >= 15 is 0 Å². The molecule has 32 heavy (non-hydrogen) atoms. The highest BCUT2D eigenvalue weighted by Gasteiger charge is 2.23. The Labute approximate surface area is 204 Å². The van der Waals surface area contributed by atoms with Gasteiger partial charge < -0.3 is 15.1 Å². The van der Waals surface area contributed by atoms with Gasteiger partial charge in [0.15, 0.2) is 4.34 Å². The number of halogens is 1. The molecule has 0 spiro atoms. The molecule has 0 unspecified atom stereocenters. The van der Waals surface area contributed by atoms with Gasteiger partial charge in [-0.15, -0.1) is 11.3 Å². The number of aryl methyl sites for hydroxylation is 1. The number of thioether (sulfide) groups is 1. The van der Waals surface area contributed by atoms with Crippen molar-refractivity contribution in [2.75, 3.05) is 42.1 Å². The minimum absolute atomic E-state index is 0.0465. The second-order valence-electron chi connectivity index (χ2n) is 7.40. The van der Waals surface area contributed by atoms with Gasteiger partial charge in [0.05, 0.1) is 11.3 Å². The highest BCUT2D eigenvalue weighted by Crippen LogP contribution is 2.24. The third-order valence-corrected chi connectivity index (χ3v) is 7.94. The molecule has 4 rings (SSSR count). The van der Waals surface area contributed by atoms with Crippen LogP contribution in [0.15, 0.2) is 62.7 Å². The largest absolute Gasteiger partial charge is 0.368 e. The molecule has 1 saturated heterocycles. The van der Waals surface area contributed by atoms with E-state index in [1.165, 1.54) is 11.8 Å². The van der Waals surface area contributed by atoms with E-state index in [9.17, 15) is 9.59 Å². The second kappa shape index (κ2) is 10.5. The van der Waals surface area contributed by atoms with Crippen LogP contribution in [0, 0.1) is 6.92 Å². The number of piperazine rings is 1. The van der Waals surface area contributed by atoms with E-state index in [1.807, 2.05) is 65.7 Å². The predicted molar refractivity (Wildman–Crippen MR) is 135 cm³/mol. The van der Waals surface area contributed by atoms with E-state index in [2.05, 4.69) is 31.1 Å². The van der Waals surface area contributed by atoms with E-state index in [1.54, 1.807) is 11.3 Å². The summed E-state index contributed by atoms with van der Waals surface area (Å²) in [7, 11) is 0. The topological polar surface area (TPSA) is 65.5 Å². The number of carbonyl (C=O) groups is 2. The van der Waals surface area contributed by atoms with E-state index in [-0.39, 0.29) is 11.8 Å². The first kappa shape index (κ1) is 22.8. The molecular weight excluding hydrogens is 508 g/mol. The van der Waals surface area contributed by atoms with Crippen LogP contribution in [-0.4, -0.2) is 53.6 Å². The van der Waals surface area contributed by atoms with Gasteiger partial charge in [-0.1, -0.05) is 23.9 Å². The molecule has 0 atom stereocenters. The molecule has 2 amide bonds. The average Bonchev–Trinajstić information content (AvgIpc) is 3.23. The van der Waals surface area contributed by atoms with Crippen LogP contribution in [0.25, 0.3) is 0 Å². The first-order valence-electron chi connectivity index (χ1n) is 10.2. The molecule has 0 saturated carbocycles. The van der Waals surface area contributed by atoms with Crippen molar-refractivity contribution < 1.29 is 9.59 Å². The minimum atomic E-state index is -0.0465. The van der Waals surface area contributed by atoms with Gasteiger partial charge >= 0.3 is 0 Å². The normalized spacial score (nSPS) is 13.8. The van der Waals surface area contributed by atoms with Crippen molar-refractivity contribution in [2.24, 2.45) is 0 Å². The van der Waals surface area contributed by atoms with E-state index in [4.69, 9.17) is 0 Å². The van der Waals surface area contributed by atoms with Gasteiger partial charge in [0.1, 0.15) is 0 Å². The Hall–Kier alpha value is -2.36. The monoisotopic (exact) mass is 530 g/mol. The zero-order valence-corrected chi connectivity index (χ0v) is 20.8. The minimum Gasteiger partial charge on any atom is -0.368 e. The van der Waals surface area contributed by atoms with Crippen molar-refractivity contribution in [2.45, 2.75) is 11.3 Å². The molecule has 1 fully saturated rings. The van der Waals surface area contributed by atoms with E-state index in [0.717, 1.165) is 39.0 Å². The van der Waals surface area contributed by atoms with Crippen LogP contribution in [-0.2, 0) is 4.79 Å².